The minimum atomic E-state index is 0.222. The van der Waals surface area contributed by atoms with Crippen LogP contribution >= 0.6 is 0 Å². The summed E-state index contributed by atoms with van der Waals surface area (Å²) in [5, 5.41) is 6.93. The van der Waals surface area contributed by atoms with E-state index < -0.39 is 0 Å². The molecule has 17 heavy (non-hydrogen) atoms. The first kappa shape index (κ1) is 14.3. The fraction of sp³-hybridized carbons (Fsp3) is 0.714. The molecule has 0 radical (unpaired) electrons. The van der Waals surface area contributed by atoms with Crippen molar-refractivity contribution in [2.45, 2.75) is 52.6 Å². The van der Waals surface area contributed by atoms with Crippen LogP contribution in [0.15, 0.2) is 16.7 Å². The average Bonchev–Trinajstić information content (AvgIpc) is 2.69. The summed E-state index contributed by atoms with van der Waals surface area (Å²) in [6.45, 7) is 11.7. The third-order valence-corrected chi connectivity index (χ3v) is 2.66. The van der Waals surface area contributed by atoms with Crippen molar-refractivity contribution in [2.75, 3.05) is 13.1 Å². The maximum atomic E-state index is 5.38. The van der Waals surface area contributed by atoms with Crippen molar-refractivity contribution >= 4 is 0 Å². The number of aryl methyl sites for hydroxylation is 1. The van der Waals surface area contributed by atoms with E-state index in [9.17, 15) is 0 Å². The molecule has 0 amide bonds. The molecule has 3 nitrogen and oxygen atoms in total. The normalized spacial score (nSPS) is 12.0. The van der Waals surface area contributed by atoms with Crippen molar-refractivity contribution < 1.29 is 4.42 Å². The lowest BCUT2D eigenvalue weighted by Crippen LogP contribution is -2.37. The lowest BCUT2D eigenvalue weighted by Gasteiger charge is -2.20. The fourth-order valence-electron chi connectivity index (χ4n) is 1.73. The zero-order valence-corrected chi connectivity index (χ0v) is 11.6. The van der Waals surface area contributed by atoms with Gasteiger partial charge in [-0.25, -0.2) is 0 Å². The zero-order chi connectivity index (χ0) is 12.7. The van der Waals surface area contributed by atoms with Gasteiger partial charge < -0.3 is 15.1 Å². The van der Waals surface area contributed by atoms with E-state index in [2.05, 4.69) is 44.4 Å². The first-order chi connectivity index (χ1) is 8.03. The molecule has 2 N–H and O–H groups in total. The molecule has 1 rings (SSSR count). The van der Waals surface area contributed by atoms with Crippen molar-refractivity contribution in [3.05, 3.63) is 23.7 Å². The van der Waals surface area contributed by atoms with E-state index in [4.69, 9.17) is 4.42 Å². The Balaban J connectivity index is 2.09. The summed E-state index contributed by atoms with van der Waals surface area (Å²) in [6.07, 6.45) is 3.89. The van der Waals surface area contributed by atoms with Crippen LogP contribution in [-0.4, -0.2) is 18.6 Å². The van der Waals surface area contributed by atoms with E-state index in [1.54, 1.807) is 6.26 Å². The molecule has 0 aliphatic heterocycles. The Morgan fingerprint density at radius 1 is 1.24 bits per heavy atom. The van der Waals surface area contributed by atoms with Crippen molar-refractivity contribution in [2.24, 2.45) is 0 Å². The predicted molar refractivity (Wildman–Crippen MR) is 72.2 cm³/mol. The monoisotopic (exact) mass is 238 g/mol. The van der Waals surface area contributed by atoms with Crippen molar-refractivity contribution in [3.8, 4) is 0 Å². The second-order valence-electron chi connectivity index (χ2n) is 5.43. The van der Waals surface area contributed by atoms with Gasteiger partial charge >= 0.3 is 0 Å². The molecule has 0 aliphatic carbocycles. The maximum Gasteiger partial charge on any atom is 0.107 e. The zero-order valence-electron chi connectivity index (χ0n) is 11.6. The van der Waals surface area contributed by atoms with Crippen molar-refractivity contribution in [1.82, 2.24) is 10.6 Å². The number of nitrogens with one attached hydrogen (secondary N) is 2. The number of hydrogen-bond donors (Lipinski definition) is 2. The molecule has 0 unspecified atom stereocenters. The number of furan rings is 1. The predicted octanol–water partition coefficient (Wildman–Crippen LogP) is 2.71. The molecule has 1 aromatic heterocycles. The molecule has 0 aromatic carbocycles. The van der Waals surface area contributed by atoms with Gasteiger partial charge in [0.05, 0.1) is 6.26 Å². The van der Waals surface area contributed by atoms with Crippen LogP contribution in [0.1, 0.15) is 45.4 Å². The summed E-state index contributed by atoms with van der Waals surface area (Å²) < 4.78 is 5.38. The van der Waals surface area contributed by atoms with E-state index >= 15 is 0 Å². The van der Waals surface area contributed by atoms with Crippen LogP contribution in [0, 0.1) is 0 Å². The molecule has 0 atom stereocenters. The van der Waals surface area contributed by atoms with Gasteiger partial charge in [-0.2, -0.15) is 0 Å². The summed E-state index contributed by atoms with van der Waals surface area (Å²) in [4.78, 5) is 0. The summed E-state index contributed by atoms with van der Waals surface area (Å²) in [7, 11) is 0. The molecule has 98 valence electrons. The summed E-state index contributed by atoms with van der Waals surface area (Å²) in [5.41, 5.74) is 1.51. The number of hydrogen-bond acceptors (Lipinski definition) is 3. The quantitative estimate of drug-likeness (QED) is 0.717. The molecule has 0 saturated heterocycles. The largest absolute Gasteiger partial charge is 0.469 e. The highest BCUT2D eigenvalue weighted by Gasteiger charge is 2.07. The van der Waals surface area contributed by atoms with Gasteiger partial charge in [0.15, 0.2) is 0 Å². The van der Waals surface area contributed by atoms with Crippen LogP contribution in [0.25, 0.3) is 0 Å². The Labute approximate surface area is 105 Å². The second-order valence-corrected chi connectivity index (χ2v) is 5.43. The minimum absolute atomic E-state index is 0.222. The van der Waals surface area contributed by atoms with Crippen LogP contribution < -0.4 is 10.6 Å². The molecule has 0 saturated carbocycles. The van der Waals surface area contributed by atoms with Crippen LogP contribution in [0.4, 0.5) is 0 Å². The summed E-state index contributed by atoms with van der Waals surface area (Å²) in [5.74, 6) is 1.10. The SMILES string of the molecule is CCc1occc1CNCCCNC(C)(C)C. The molecule has 0 bridgehead atoms. The Bertz CT molecular complexity index is 312. The van der Waals surface area contributed by atoms with Crippen molar-refractivity contribution in [3.63, 3.8) is 0 Å². The third-order valence-electron chi connectivity index (χ3n) is 2.66. The lowest BCUT2D eigenvalue weighted by atomic mass is 10.1. The second kappa shape index (κ2) is 6.82. The molecular weight excluding hydrogens is 212 g/mol. The highest BCUT2D eigenvalue weighted by molar-refractivity contribution is 5.16. The standard InChI is InChI=1S/C14H26N2O/c1-5-13-12(7-10-17-13)11-15-8-6-9-16-14(2,3)4/h7,10,15-16H,5-6,8-9,11H2,1-4H3. The molecule has 0 spiro atoms. The first-order valence-corrected chi connectivity index (χ1v) is 6.54. The maximum absolute atomic E-state index is 5.38. The van der Waals surface area contributed by atoms with Gasteiger partial charge in [-0.3, -0.25) is 0 Å². The minimum Gasteiger partial charge on any atom is -0.469 e. The number of rotatable bonds is 7. The third kappa shape index (κ3) is 5.89. The molecule has 1 heterocycles. The Hall–Kier alpha value is -0.800. The van der Waals surface area contributed by atoms with Crippen LogP contribution in [0.3, 0.4) is 0 Å². The van der Waals surface area contributed by atoms with E-state index in [-0.39, 0.29) is 5.54 Å². The topological polar surface area (TPSA) is 37.2 Å². The van der Waals surface area contributed by atoms with E-state index in [1.165, 1.54) is 5.56 Å². The van der Waals surface area contributed by atoms with Gasteiger partial charge in [0.2, 0.25) is 0 Å². The van der Waals surface area contributed by atoms with E-state index in [1.807, 2.05) is 0 Å². The average molecular weight is 238 g/mol. The smallest absolute Gasteiger partial charge is 0.107 e. The molecule has 1 aromatic rings. The van der Waals surface area contributed by atoms with Gasteiger partial charge in [0, 0.05) is 24.1 Å². The first-order valence-electron chi connectivity index (χ1n) is 6.54. The van der Waals surface area contributed by atoms with Crippen LogP contribution in [-0.2, 0) is 13.0 Å². The van der Waals surface area contributed by atoms with Crippen LogP contribution in [0.2, 0.25) is 0 Å². The van der Waals surface area contributed by atoms with Gasteiger partial charge in [0.25, 0.3) is 0 Å². The van der Waals surface area contributed by atoms with Gasteiger partial charge in [0.1, 0.15) is 5.76 Å². The van der Waals surface area contributed by atoms with Gasteiger partial charge in [-0.05, 0) is 46.3 Å². The van der Waals surface area contributed by atoms with Crippen LogP contribution in [0.5, 0.6) is 0 Å². The molecule has 3 heteroatoms. The summed E-state index contributed by atoms with van der Waals surface area (Å²) >= 11 is 0. The van der Waals surface area contributed by atoms with Gasteiger partial charge in [-0.15, -0.1) is 0 Å². The summed E-state index contributed by atoms with van der Waals surface area (Å²) in [6, 6.07) is 2.05. The van der Waals surface area contributed by atoms with E-state index in [0.717, 1.165) is 38.2 Å². The molecular formula is C14H26N2O. The Kier molecular flexibility index (Phi) is 5.72. The highest BCUT2D eigenvalue weighted by atomic mass is 16.3. The van der Waals surface area contributed by atoms with Gasteiger partial charge in [-0.1, -0.05) is 6.92 Å². The Morgan fingerprint density at radius 3 is 2.65 bits per heavy atom. The van der Waals surface area contributed by atoms with E-state index in [0.29, 0.717) is 0 Å². The van der Waals surface area contributed by atoms with Crippen molar-refractivity contribution in [1.29, 1.82) is 0 Å². The fourth-order valence-corrected chi connectivity index (χ4v) is 1.73. The lowest BCUT2D eigenvalue weighted by molar-refractivity contribution is 0.418. The molecule has 0 fully saturated rings. The highest BCUT2D eigenvalue weighted by Crippen LogP contribution is 2.10. The molecule has 0 aliphatic rings. The Morgan fingerprint density at radius 2 is 2.00 bits per heavy atom.